The molecule has 2 amide bonds. The number of ether oxygens (including phenoxy) is 2. The van der Waals surface area contributed by atoms with Crippen LogP contribution in [0, 0.1) is 5.82 Å². The second-order valence-electron chi connectivity index (χ2n) is 8.91. The van der Waals surface area contributed by atoms with Gasteiger partial charge in [0.25, 0.3) is 0 Å². The number of nitrogens with zero attached hydrogens (tertiary/aromatic N) is 1. The lowest BCUT2D eigenvalue weighted by atomic mass is 10.0. The molecule has 8 heteroatoms. The van der Waals surface area contributed by atoms with Gasteiger partial charge in [0.1, 0.15) is 11.9 Å². The van der Waals surface area contributed by atoms with Crippen molar-refractivity contribution in [2.24, 2.45) is 0 Å². The van der Waals surface area contributed by atoms with E-state index >= 15 is 0 Å². The lowest BCUT2D eigenvalue weighted by Gasteiger charge is -2.32. The Balaban J connectivity index is 1.50. The summed E-state index contributed by atoms with van der Waals surface area (Å²) in [5.74, 6) is 0.446. The molecule has 2 heterocycles. The third-order valence-corrected chi connectivity index (χ3v) is 7.34. The van der Waals surface area contributed by atoms with Crippen LogP contribution in [0.2, 0.25) is 0 Å². The van der Waals surface area contributed by atoms with Gasteiger partial charge >= 0.3 is 0 Å². The fraction of sp³-hybridized carbons (Fsp3) is 0.333. The summed E-state index contributed by atoms with van der Waals surface area (Å²) in [4.78, 5) is 29.9. The first kappa shape index (κ1) is 23.4. The van der Waals surface area contributed by atoms with Crippen molar-refractivity contribution < 1.29 is 23.5 Å². The molecule has 1 aromatic heterocycles. The molecule has 2 aromatic carbocycles. The van der Waals surface area contributed by atoms with Crippen LogP contribution in [0.15, 0.2) is 60.0 Å². The predicted octanol–water partition coefficient (Wildman–Crippen LogP) is 4.99. The van der Waals surface area contributed by atoms with E-state index in [1.807, 2.05) is 35.7 Å². The Hall–Kier alpha value is -3.39. The third kappa shape index (κ3) is 5.48. The average Bonchev–Trinajstić information content (AvgIpc) is 3.63. The number of benzene rings is 2. The second kappa shape index (κ2) is 10.5. The molecule has 3 aromatic rings. The molecule has 6 nitrogen and oxygen atoms in total. The van der Waals surface area contributed by atoms with E-state index < -0.39 is 11.9 Å². The van der Waals surface area contributed by atoms with Crippen LogP contribution in [0.4, 0.5) is 4.39 Å². The lowest BCUT2D eigenvalue weighted by molar-refractivity contribution is -0.141. The van der Waals surface area contributed by atoms with Crippen LogP contribution in [-0.4, -0.2) is 29.5 Å². The van der Waals surface area contributed by atoms with Crippen LogP contribution < -0.4 is 14.8 Å². The highest BCUT2D eigenvalue weighted by atomic mass is 32.1. The minimum Gasteiger partial charge on any atom is -0.454 e. The normalized spacial score (nSPS) is 15.7. The maximum Gasteiger partial charge on any atom is 0.247 e. The molecule has 35 heavy (non-hydrogen) atoms. The van der Waals surface area contributed by atoms with Crippen LogP contribution in [0.25, 0.3) is 0 Å². The van der Waals surface area contributed by atoms with Gasteiger partial charge in [-0.25, -0.2) is 4.39 Å². The molecule has 1 fully saturated rings. The van der Waals surface area contributed by atoms with Gasteiger partial charge < -0.3 is 19.7 Å². The number of hydrogen-bond acceptors (Lipinski definition) is 5. The Kier molecular flexibility index (Phi) is 6.99. The monoisotopic (exact) mass is 494 g/mol. The van der Waals surface area contributed by atoms with Crippen molar-refractivity contribution >= 4 is 23.2 Å². The van der Waals surface area contributed by atoms with Gasteiger partial charge in [0, 0.05) is 17.5 Å². The smallest absolute Gasteiger partial charge is 0.247 e. The Bertz CT molecular complexity index is 1180. The molecule has 0 spiro atoms. The highest BCUT2D eigenvalue weighted by Crippen LogP contribution is 2.34. The molecule has 1 saturated carbocycles. The summed E-state index contributed by atoms with van der Waals surface area (Å²) in [6, 6.07) is 14.3. The van der Waals surface area contributed by atoms with E-state index in [1.54, 1.807) is 17.0 Å². The van der Waals surface area contributed by atoms with Gasteiger partial charge in [-0.05, 0) is 59.7 Å². The average molecular weight is 495 g/mol. The Morgan fingerprint density at radius 2 is 1.83 bits per heavy atom. The van der Waals surface area contributed by atoms with Gasteiger partial charge in [-0.2, -0.15) is 0 Å². The zero-order valence-corrected chi connectivity index (χ0v) is 20.1. The van der Waals surface area contributed by atoms with Crippen molar-refractivity contribution in [1.29, 1.82) is 0 Å². The number of hydrogen-bond donors (Lipinski definition) is 1. The van der Waals surface area contributed by atoms with Crippen molar-refractivity contribution in [2.45, 2.75) is 50.7 Å². The summed E-state index contributed by atoms with van der Waals surface area (Å²) >= 11 is 1.50. The number of fused-ring (bicyclic) bond motifs is 1. The molecule has 2 aliphatic rings. The van der Waals surface area contributed by atoms with Gasteiger partial charge in [0.15, 0.2) is 11.5 Å². The summed E-state index contributed by atoms with van der Waals surface area (Å²) in [5.41, 5.74) is 1.39. The van der Waals surface area contributed by atoms with E-state index in [0.717, 1.165) is 36.1 Å². The zero-order chi connectivity index (χ0) is 24.2. The summed E-state index contributed by atoms with van der Waals surface area (Å²) in [6.45, 7) is 0.350. The molecule has 1 aliphatic carbocycles. The molecular weight excluding hydrogens is 467 g/mol. The number of amides is 2. The predicted molar refractivity (Wildman–Crippen MR) is 131 cm³/mol. The van der Waals surface area contributed by atoms with Crippen LogP contribution in [0.5, 0.6) is 11.5 Å². The lowest BCUT2D eigenvalue weighted by Crippen LogP contribution is -2.46. The number of rotatable bonds is 8. The first-order chi connectivity index (χ1) is 17.1. The van der Waals surface area contributed by atoms with E-state index in [-0.39, 0.29) is 37.6 Å². The van der Waals surface area contributed by atoms with Crippen molar-refractivity contribution in [3.05, 3.63) is 81.8 Å². The highest BCUT2D eigenvalue weighted by Gasteiger charge is 2.33. The topological polar surface area (TPSA) is 67.9 Å². The number of thiophene rings is 1. The van der Waals surface area contributed by atoms with Crippen LogP contribution in [-0.2, 0) is 22.6 Å². The molecule has 1 N–H and O–H groups in total. The summed E-state index contributed by atoms with van der Waals surface area (Å²) < 4.78 is 24.7. The second-order valence-corrected chi connectivity index (χ2v) is 9.94. The summed E-state index contributed by atoms with van der Waals surface area (Å²) in [5, 5.41) is 5.07. The first-order valence-electron chi connectivity index (χ1n) is 11.8. The fourth-order valence-corrected chi connectivity index (χ4v) is 5.39. The molecule has 5 rings (SSSR count). The summed E-state index contributed by atoms with van der Waals surface area (Å²) in [6.07, 6.45) is 4.17. The van der Waals surface area contributed by atoms with E-state index in [1.165, 1.54) is 23.5 Å². The molecular formula is C27H27FN2O4S. The molecule has 182 valence electrons. The number of nitrogens with one attached hydrogen (secondary N) is 1. The summed E-state index contributed by atoms with van der Waals surface area (Å²) in [7, 11) is 0. The van der Waals surface area contributed by atoms with Crippen molar-refractivity contribution in [3.8, 4) is 11.5 Å². The number of carbonyl (C=O) groups is 2. The van der Waals surface area contributed by atoms with Gasteiger partial charge in [-0.1, -0.05) is 37.1 Å². The van der Waals surface area contributed by atoms with E-state index in [4.69, 9.17) is 9.47 Å². The van der Waals surface area contributed by atoms with E-state index in [9.17, 15) is 14.0 Å². The molecule has 1 aliphatic heterocycles. The van der Waals surface area contributed by atoms with Gasteiger partial charge in [0.2, 0.25) is 18.6 Å². The van der Waals surface area contributed by atoms with E-state index in [2.05, 4.69) is 5.32 Å². The standard InChI is InChI=1S/C27H27FN2O4S/c28-20-10-8-19(9-11-20)26(27(32)29-21-4-1-2-5-21)30(25(31)15-22-6-3-13-35-22)16-18-7-12-23-24(14-18)34-17-33-23/h3,6-14,21,26H,1-2,4-5,15-17H2,(H,29,32). The maximum absolute atomic E-state index is 13.8. The first-order valence-corrected chi connectivity index (χ1v) is 12.7. The molecule has 0 radical (unpaired) electrons. The van der Waals surface area contributed by atoms with Crippen LogP contribution in [0.1, 0.15) is 47.7 Å². The largest absolute Gasteiger partial charge is 0.454 e. The maximum atomic E-state index is 13.8. The van der Waals surface area contributed by atoms with Crippen molar-refractivity contribution in [3.63, 3.8) is 0 Å². The number of halogens is 1. The molecule has 1 atom stereocenters. The quantitative estimate of drug-likeness (QED) is 0.479. The highest BCUT2D eigenvalue weighted by molar-refractivity contribution is 7.10. The van der Waals surface area contributed by atoms with E-state index in [0.29, 0.717) is 17.1 Å². The Morgan fingerprint density at radius 1 is 1.06 bits per heavy atom. The third-order valence-electron chi connectivity index (χ3n) is 6.46. The van der Waals surface area contributed by atoms with Gasteiger partial charge in [0.05, 0.1) is 6.42 Å². The van der Waals surface area contributed by atoms with Crippen molar-refractivity contribution in [1.82, 2.24) is 10.2 Å². The molecule has 0 bridgehead atoms. The minimum absolute atomic E-state index is 0.0882. The zero-order valence-electron chi connectivity index (χ0n) is 19.2. The Labute approximate surface area is 207 Å². The minimum atomic E-state index is -0.894. The number of carbonyl (C=O) groups excluding carboxylic acids is 2. The van der Waals surface area contributed by atoms with Gasteiger partial charge in [-0.3, -0.25) is 9.59 Å². The van der Waals surface area contributed by atoms with Crippen molar-refractivity contribution in [2.75, 3.05) is 6.79 Å². The van der Waals surface area contributed by atoms with Crippen LogP contribution in [0.3, 0.4) is 0 Å². The van der Waals surface area contributed by atoms with Crippen LogP contribution >= 0.6 is 11.3 Å². The SMILES string of the molecule is O=C(NC1CCCC1)C(c1ccc(F)cc1)N(Cc1ccc2c(c1)OCO2)C(=O)Cc1cccs1. The fourth-order valence-electron chi connectivity index (χ4n) is 4.69. The molecule has 0 saturated heterocycles. The van der Waals surface area contributed by atoms with Gasteiger partial charge in [-0.15, -0.1) is 11.3 Å². The molecule has 1 unspecified atom stereocenters. The Morgan fingerprint density at radius 3 is 2.57 bits per heavy atom.